The summed E-state index contributed by atoms with van der Waals surface area (Å²) in [5, 5.41) is 6.54. The molecule has 110 valence electrons. The Labute approximate surface area is 127 Å². The van der Waals surface area contributed by atoms with E-state index in [0.29, 0.717) is 6.61 Å². The van der Waals surface area contributed by atoms with E-state index in [4.69, 9.17) is 16.3 Å². The molecule has 2 fully saturated rings. The van der Waals surface area contributed by atoms with Crippen molar-refractivity contribution in [1.29, 1.82) is 0 Å². The summed E-state index contributed by atoms with van der Waals surface area (Å²) in [5.74, 6) is 0.885. The van der Waals surface area contributed by atoms with Crippen molar-refractivity contribution in [3.05, 3.63) is 34.4 Å². The highest BCUT2D eigenvalue weighted by Gasteiger charge is 2.47. The Kier molecular flexibility index (Phi) is 2.87. The van der Waals surface area contributed by atoms with Gasteiger partial charge in [-0.1, -0.05) is 11.6 Å². The number of carbonyl (C=O) groups is 1. The minimum absolute atomic E-state index is 0.0570. The summed E-state index contributed by atoms with van der Waals surface area (Å²) >= 11 is 6.02. The average molecular weight is 306 g/mol. The van der Waals surface area contributed by atoms with Crippen molar-refractivity contribution in [3.63, 3.8) is 0 Å². The lowest BCUT2D eigenvalue weighted by molar-refractivity contribution is 0.0742. The van der Waals surface area contributed by atoms with Gasteiger partial charge in [-0.3, -0.25) is 4.90 Å². The van der Waals surface area contributed by atoms with Crippen molar-refractivity contribution in [1.82, 2.24) is 15.5 Å². The van der Waals surface area contributed by atoms with Crippen LogP contribution < -0.4 is 15.4 Å². The molecule has 0 unspecified atom stereocenters. The lowest BCUT2D eigenvalue weighted by Gasteiger charge is -2.47. The van der Waals surface area contributed by atoms with E-state index in [0.717, 1.165) is 42.5 Å². The molecule has 1 spiro atoms. The van der Waals surface area contributed by atoms with E-state index in [1.807, 2.05) is 18.2 Å². The quantitative estimate of drug-likeness (QED) is 0.870. The van der Waals surface area contributed by atoms with Crippen LogP contribution in [0.4, 0.5) is 4.79 Å². The standard InChI is InChI=1S/C15H16ClN3O2/c16-12-1-2-13-11(4-12)3-10(6-21-13)5-19-8-15(9-19)7-17-14(20)18-15/h1-4H,5-9H2,(H2,17,18,20). The number of amides is 2. The smallest absolute Gasteiger partial charge is 0.315 e. The zero-order valence-corrected chi connectivity index (χ0v) is 12.2. The van der Waals surface area contributed by atoms with Crippen LogP contribution in [0, 0.1) is 0 Å². The Morgan fingerprint density at radius 3 is 3.00 bits per heavy atom. The van der Waals surface area contributed by atoms with E-state index in [1.54, 1.807) is 0 Å². The summed E-state index contributed by atoms with van der Waals surface area (Å²) in [4.78, 5) is 13.6. The van der Waals surface area contributed by atoms with E-state index in [9.17, 15) is 4.79 Å². The van der Waals surface area contributed by atoms with Crippen molar-refractivity contribution < 1.29 is 9.53 Å². The second-order valence-electron chi connectivity index (χ2n) is 6.01. The van der Waals surface area contributed by atoms with Gasteiger partial charge in [0.15, 0.2) is 0 Å². The number of rotatable bonds is 2. The molecule has 0 aliphatic carbocycles. The van der Waals surface area contributed by atoms with Crippen LogP contribution in [0.5, 0.6) is 5.75 Å². The van der Waals surface area contributed by atoms with Gasteiger partial charge in [0.25, 0.3) is 0 Å². The number of halogens is 1. The fourth-order valence-electron chi connectivity index (χ4n) is 3.27. The van der Waals surface area contributed by atoms with Gasteiger partial charge in [0.05, 0.1) is 5.54 Å². The van der Waals surface area contributed by atoms with Crippen molar-refractivity contribution in [2.45, 2.75) is 5.54 Å². The van der Waals surface area contributed by atoms with Crippen LogP contribution in [0.2, 0.25) is 5.02 Å². The zero-order valence-electron chi connectivity index (χ0n) is 11.5. The number of hydrogen-bond acceptors (Lipinski definition) is 3. The molecule has 0 saturated carbocycles. The molecule has 3 aliphatic heterocycles. The molecule has 0 bridgehead atoms. The predicted octanol–water partition coefficient (Wildman–Crippen LogP) is 1.48. The van der Waals surface area contributed by atoms with Gasteiger partial charge < -0.3 is 15.4 Å². The van der Waals surface area contributed by atoms with Gasteiger partial charge in [0.2, 0.25) is 0 Å². The monoisotopic (exact) mass is 305 g/mol. The first kappa shape index (κ1) is 13.0. The molecule has 1 aromatic carbocycles. The Balaban J connectivity index is 1.42. The third kappa shape index (κ3) is 2.36. The normalized spacial score (nSPS) is 22.7. The first-order chi connectivity index (χ1) is 10.1. The number of carbonyl (C=O) groups excluding carboxylic acids is 1. The maximum Gasteiger partial charge on any atom is 0.315 e. The van der Waals surface area contributed by atoms with E-state index in [2.05, 4.69) is 21.6 Å². The number of nitrogens with zero attached hydrogens (tertiary/aromatic N) is 1. The summed E-state index contributed by atoms with van der Waals surface area (Å²) in [6.45, 7) is 3.96. The molecule has 1 aromatic rings. The molecular weight excluding hydrogens is 290 g/mol. The maximum absolute atomic E-state index is 11.2. The molecule has 2 N–H and O–H groups in total. The molecule has 2 amide bonds. The Bertz CT molecular complexity index is 638. The molecule has 0 atom stereocenters. The second-order valence-corrected chi connectivity index (χ2v) is 6.44. The summed E-state index contributed by atoms with van der Waals surface area (Å²) in [6.07, 6.45) is 2.15. The lowest BCUT2D eigenvalue weighted by atomic mass is 9.90. The van der Waals surface area contributed by atoms with E-state index < -0.39 is 0 Å². The Morgan fingerprint density at radius 2 is 2.24 bits per heavy atom. The van der Waals surface area contributed by atoms with Crippen LogP contribution in [0.3, 0.4) is 0 Å². The van der Waals surface area contributed by atoms with Crippen LogP contribution in [0.15, 0.2) is 23.8 Å². The van der Waals surface area contributed by atoms with Crippen LogP contribution in [0.1, 0.15) is 5.56 Å². The third-order valence-corrected chi connectivity index (χ3v) is 4.42. The lowest BCUT2D eigenvalue weighted by Crippen LogP contribution is -2.69. The highest BCUT2D eigenvalue weighted by Crippen LogP contribution is 2.30. The molecule has 3 heterocycles. The average Bonchev–Trinajstić information content (AvgIpc) is 2.80. The van der Waals surface area contributed by atoms with Crippen LogP contribution >= 0.6 is 11.6 Å². The number of urea groups is 1. The first-order valence-corrected chi connectivity index (χ1v) is 7.40. The fourth-order valence-corrected chi connectivity index (χ4v) is 3.45. The van der Waals surface area contributed by atoms with Gasteiger partial charge in [-0.05, 0) is 29.8 Å². The van der Waals surface area contributed by atoms with Crippen molar-refractivity contribution in [2.24, 2.45) is 0 Å². The number of likely N-dealkylation sites (tertiary alicyclic amines) is 1. The number of benzene rings is 1. The molecule has 21 heavy (non-hydrogen) atoms. The van der Waals surface area contributed by atoms with Crippen LogP contribution in [-0.4, -0.2) is 49.3 Å². The summed E-state index contributed by atoms with van der Waals surface area (Å²) in [5.41, 5.74) is 2.21. The summed E-state index contributed by atoms with van der Waals surface area (Å²) in [7, 11) is 0. The van der Waals surface area contributed by atoms with Gasteiger partial charge in [-0.2, -0.15) is 0 Å². The van der Waals surface area contributed by atoms with Crippen LogP contribution in [-0.2, 0) is 0 Å². The minimum atomic E-state index is -0.0611. The number of fused-ring (bicyclic) bond motifs is 1. The Hall–Kier alpha value is -1.72. The van der Waals surface area contributed by atoms with E-state index >= 15 is 0 Å². The number of hydrogen-bond donors (Lipinski definition) is 2. The molecule has 4 rings (SSSR count). The number of ether oxygens (including phenoxy) is 1. The van der Waals surface area contributed by atoms with E-state index in [1.165, 1.54) is 5.57 Å². The summed E-state index contributed by atoms with van der Waals surface area (Å²) in [6, 6.07) is 5.62. The first-order valence-electron chi connectivity index (χ1n) is 7.02. The van der Waals surface area contributed by atoms with E-state index in [-0.39, 0.29) is 11.6 Å². The highest BCUT2D eigenvalue weighted by molar-refractivity contribution is 6.30. The second kappa shape index (κ2) is 4.64. The van der Waals surface area contributed by atoms with Gasteiger partial charge in [-0.25, -0.2) is 4.79 Å². The molecule has 6 heteroatoms. The maximum atomic E-state index is 11.2. The fraction of sp³-hybridized carbons (Fsp3) is 0.400. The Morgan fingerprint density at radius 1 is 1.38 bits per heavy atom. The van der Waals surface area contributed by atoms with Gasteiger partial charge in [-0.15, -0.1) is 0 Å². The van der Waals surface area contributed by atoms with Crippen LogP contribution in [0.25, 0.3) is 6.08 Å². The SMILES string of the molecule is O=C1NCC2(CN(CC3=Cc4cc(Cl)ccc4OC3)C2)N1. The molecule has 3 aliphatic rings. The van der Waals surface area contributed by atoms with Gasteiger partial charge >= 0.3 is 6.03 Å². The zero-order chi connectivity index (χ0) is 14.4. The van der Waals surface area contributed by atoms with Gasteiger partial charge in [0, 0.05) is 36.8 Å². The number of nitrogens with one attached hydrogen (secondary N) is 2. The molecule has 0 radical (unpaired) electrons. The van der Waals surface area contributed by atoms with Crippen molar-refractivity contribution >= 4 is 23.7 Å². The minimum Gasteiger partial charge on any atom is -0.489 e. The predicted molar refractivity (Wildman–Crippen MR) is 80.6 cm³/mol. The molecule has 5 nitrogen and oxygen atoms in total. The highest BCUT2D eigenvalue weighted by atomic mass is 35.5. The summed E-state index contributed by atoms with van der Waals surface area (Å²) < 4.78 is 5.76. The van der Waals surface area contributed by atoms with Crippen molar-refractivity contribution in [3.8, 4) is 5.75 Å². The third-order valence-electron chi connectivity index (χ3n) is 4.19. The molecular formula is C15H16ClN3O2. The largest absolute Gasteiger partial charge is 0.489 e. The molecule has 0 aromatic heterocycles. The van der Waals surface area contributed by atoms with Gasteiger partial charge in [0.1, 0.15) is 12.4 Å². The molecule has 2 saturated heterocycles. The van der Waals surface area contributed by atoms with Crippen molar-refractivity contribution in [2.75, 3.05) is 32.8 Å². The topological polar surface area (TPSA) is 53.6 Å².